The predicted octanol–water partition coefficient (Wildman–Crippen LogP) is 3.47. The molecule has 1 saturated heterocycles. The first kappa shape index (κ1) is 15.4. The van der Waals surface area contributed by atoms with Crippen molar-refractivity contribution in [1.82, 2.24) is 9.88 Å². The van der Waals surface area contributed by atoms with Crippen molar-refractivity contribution in [3.8, 4) is 0 Å². The van der Waals surface area contributed by atoms with Crippen LogP contribution in [0.5, 0.6) is 0 Å². The van der Waals surface area contributed by atoms with E-state index in [0.29, 0.717) is 12.0 Å². The molecule has 2 aromatic rings. The molecule has 23 heavy (non-hydrogen) atoms. The fraction of sp³-hybridized carbons (Fsp3) is 0.444. The van der Waals surface area contributed by atoms with Crippen LogP contribution in [-0.4, -0.2) is 44.7 Å². The van der Waals surface area contributed by atoms with Crippen molar-refractivity contribution < 1.29 is 4.21 Å². The summed E-state index contributed by atoms with van der Waals surface area (Å²) in [5.41, 5.74) is 3.72. The van der Waals surface area contributed by atoms with Crippen LogP contribution in [0.25, 0.3) is 10.9 Å². The quantitative estimate of drug-likeness (QED) is 0.862. The van der Waals surface area contributed by atoms with E-state index in [9.17, 15) is 4.21 Å². The number of piperidine rings is 1. The van der Waals surface area contributed by atoms with E-state index in [1.807, 2.05) is 12.3 Å². The Morgan fingerprint density at radius 1 is 1.52 bits per heavy atom. The van der Waals surface area contributed by atoms with Gasteiger partial charge in [-0.25, -0.2) is 0 Å². The van der Waals surface area contributed by atoms with E-state index in [-0.39, 0.29) is 5.25 Å². The number of nitrogens with zero attached hydrogens (tertiary/aromatic N) is 1. The van der Waals surface area contributed by atoms with Gasteiger partial charge in [0.2, 0.25) is 0 Å². The molecular weight excluding hydrogens is 328 g/mol. The van der Waals surface area contributed by atoms with Gasteiger partial charge in [0.25, 0.3) is 0 Å². The molecule has 1 aromatic heterocycles. The second-order valence-corrected chi connectivity index (χ2v) is 8.71. The number of benzene rings is 1. The number of halogens is 1. The Bertz CT molecular complexity index is 800. The number of rotatable bonds is 3. The van der Waals surface area contributed by atoms with E-state index in [1.54, 1.807) is 0 Å². The summed E-state index contributed by atoms with van der Waals surface area (Å²) in [6.45, 7) is 5.62. The molecule has 2 aliphatic rings. The van der Waals surface area contributed by atoms with Crippen molar-refractivity contribution in [2.75, 3.05) is 19.3 Å². The van der Waals surface area contributed by atoms with Crippen molar-refractivity contribution in [3.05, 3.63) is 47.1 Å². The van der Waals surface area contributed by atoms with Crippen molar-refractivity contribution in [2.45, 2.75) is 30.1 Å². The Balaban J connectivity index is 1.85. The van der Waals surface area contributed by atoms with E-state index in [2.05, 4.69) is 34.7 Å². The fourth-order valence-corrected chi connectivity index (χ4v) is 5.57. The van der Waals surface area contributed by atoms with Gasteiger partial charge in [0.1, 0.15) is 5.15 Å². The van der Waals surface area contributed by atoms with Crippen LogP contribution < -0.4 is 0 Å². The largest absolute Gasteiger partial charge is 0.345 e. The lowest BCUT2D eigenvalue weighted by molar-refractivity contribution is 0.142. The molecule has 1 aliphatic heterocycles. The number of H-pyrrole nitrogens is 1. The van der Waals surface area contributed by atoms with Crippen LogP contribution in [0.2, 0.25) is 5.15 Å². The summed E-state index contributed by atoms with van der Waals surface area (Å²) in [7, 11) is -0.803. The predicted molar refractivity (Wildman–Crippen MR) is 97.8 cm³/mol. The van der Waals surface area contributed by atoms with E-state index in [1.165, 1.54) is 16.5 Å². The van der Waals surface area contributed by atoms with Gasteiger partial charge >= 0.3 is 0 Å². The summed E-state index contributed by atoms with van der Waals surface area (Å²) >= 11 is 6.47. The zero-order valence-corrected chi connectivity index (χ0v) is 14.8. The average molecular weight is 349 g/mol. The third-order valence-corrected chi connectivity index (χ3v) is 7.05. The second-order valence-electron chi connectivity index (χ2n) is 6.66. The lowest BCUT2D eigenvalue weighted by Crippen LogP contribution is -2.52. The molecule has 0 spiro atoms. The Kier molecular flexibility index (Phi) is 3.87. The topological polar surface area (TPSA) is 36.1 Å². The lowest BCUT2D eigenvalue weighted by Gasteiger charge is -2.46. The van der Waals surface area contributed by atoms with Crippen LogP contribution in [0, 0.1) is 0 Å². The fourth-order valence-electron chi connectivity index (χ4n) is 4.41. The van der Waals surface area contributed by atoms with Gasteiger partial charge in [-0.15, -0.1) is 6.58 Å². The van der Waals surface area contributed by atoms with E-state index in [4.69, 9.17) is 11.6 Å². The van der Waals surface area contributed by atoms with Crippen LogP contribution in [0.4, 0.5) is 0 Å². The zero-order valence-electron chi connectivity index (χ0n) is 13.2. The third-order valence-electron chi connectivity index (χ3n) is 5.44. The van der Waals surface area contributed by atoms with Gasteiger partial charge in [0.05, 0.1) is 0 Å². The van der Waals surface area contributed by atoms with Gasteiger partial charge in [0, 0.05) is 58.3 Å². The van der Waals surface area contributed by atoms with Crippen LogP contribution in [0.1, 0.15) is 23.5 Å². The Labute approximate surface area is 144 Å². The molecule has 1 unspecified atom stereocenters. The second kappa shape index (κ2) is 5.76. The van der Waals surface area contributed by atoms with Gasteiger partial charge < -0.3 is 4.98 Å². The molecule has 0 bridgehead atoms. The van der Waals surface area contributed by atoms with Crippen molar-refractivity contribution in [3.63, 3.8) is 0 Å². The number of aromatic amines is 1. The SMILES string of the molecule is C=CCN1C[C@H](S(C)=O)C[C@@H]2c3cccc4[nH]c(Cl)c(c34)C[C@H]21. The van der Waals surface area contributed by atoms with Gasteiger partial charge in [-0.1, -0.05) is 29.8 Å². The minimum absolute atomic E-state index is 0.224. The standard InChI is InChI=1S/C18H21ClN2OS/c1-3-7-21-10-11(23(2)22)8-13-12-5-4-6-15-17(12)14(9-16(13)21)18(19)20-15/h3-6,11,13,16,20H,1,7-10H2,2H3/t11-,13-,16-,23?/m1/s1. The average Bonchev–Trinajstić information content (AvgIpc) is 2.85. The summed E-state index contributed by atoms with van der Waals surface area (Å²) in [6, 6.07) is 6.83. The van der Waals surface area contributed by atoms with Gasteiger partial charge in [-0.3, -0.25) is 9.11 Å². The zero-order chi connectivity index (χ0) is 16.1. The number of likely N-dealkylation sites (tertiary alicyclic amines) is 1. The first-order valence-corrected chi connectivity index (χ1v) is 10.1. The van der Waals surface area contributed by atoms with Crippen LogP contribution in [0.3, 0.4) is 0 Å². The van der Waals surface area contributed by atoms with Gasteiger partial charge in [-0.2, -0.15) is 0 Å². The molecule has 4 atom stereocenters. The lowest BCUT2D eigenvalue weighted by atomic mass is 9.75. The number of aromatic nitrogens is 1. The van der Waals surface area contributed by atoms with Gasteiger partial charge in [-0.05, 0) is 30.0 Å². The number of fused-ring (bicyclic) bond motifs is 2. The molecule has 4 rings (SSSR count). The van der Waals surface area contributed by atoms with Crippen molar-refractivity contribution in [2.24, 2.45) is 0 Å². The molecule has 2 heterocycles. The molecule has 3 nitrogen and oxygen atoms in total. The molecule has 1 N–H and O–H groups in total. The van der Waals surface area contributed by atoms with Crippen molar-refractivity contribution >= 4 is 33.3 Å². The van der Waals surface area contributed by atoms with Crippen LogP contribution in [-0.2, 0) is 17.2 Å². The van der Waals surface area contributed by atoms with Crippen molar-refractivity contribution in [1.29, 1.82) is 0 Å². The molecule has 5 heteroatoms. The van der Waals surface area contributed by atoms with E-state index in [0.717, 1.165) is 36.6 Å². The number of hydrogen-bond acceptors (Lipinski definition) is 2. The Hall–Kier alpha value is -1.10. The summed E-state index contributed by atoms with van der Waals surface area (Å²) < 4.78 is 12.1. The normalized spacial score (nSPS) is 28.5. The monoisotopic (exact) mass is 348 g/mol. The van der Waals surface area contributed by atoms with E-state index >= 15 is 0 Å². The molecule has 0 radical (unpaired) electrons. The first-order chi connectivity index (χ1) is 11.1. The van der Waals surface area contributed by atoms with Gasteiger partial charge in [0.15, 0.2) is 0 Å². The van der Waals surface area contributed by atoms with E-state index < -0.39 is 10.8 Å². The molecular formula is C18H21ClN2OS. The molecule has 0 saturated carbocycles. The Morgan fingerprint density at radius 2 is 2.35 bits per heavy atom. The summed E-state index contributed by atoms with van der Waals surface area (Å²) in [5, 5.41) is 2.29. The van der Waals surface area contributed by atoms with Crippen LogP contribution in [0.15, 0.2) is 30.9 Å². The molecule has 1 aromatic carbocycles. The maximum atomic E-state index is 12.1. The molecule has 0 amide bonds. The highest BCUT2D eigenvalue weighted by atomic mass is 35.5. The van der Waals surface area contributed by atoms with Crippen LogP contribution >= 0.6 is 11.6 Å². The smallest absolute Gasteiger partial charge is 0.110 e. The minimum Gasteiger partial charge on any atom is -0.345 e. The summed E-state index contributed by atoms with van der Waals surface area (Å²) in [6.07, 6.45) is 5.73. The summed E-state index contributed by atoms with van der Waals surface area (Å²) in [5.74, 6) is 0.417. The molecule has 1 aliphatic carbocycles. The highest BCUT2D eigenvalue weighted by Gasteiger charge is 2.42. The number of nitrogens with one attached hydrogen (secondary N) is 1. The highest BCUT2D eigenvalue weighted by Crippen LogP contribution is 2.45. The highest BCUT2D eigenvalue weighted by molar-refractivity contribution is 7.84. The maximum Gasteiger partial charge on any atom is 0.110 e. The maximum absolute atomic E-state index is 12.1. The third kappa shape index (κ3) is 2.39. The number of hydrogen-bond donors (Lipinski definition) is 1. The minimum atomic E-state index is -0.803. The molecule has 122 valence electrons. The summed E-state index contributed by atoms with van der Waals surface area (Å²) in [4.78, 5) is 5.76. The molecule has 1 fully saturated rings. The first-order valence-electron chi connectivity index (χ1n) is 8.06. The Morgan fingerprint density at radius 3 is 3.09 bits per heavy atom.